The van der Waals surface area contributed by atoms with Crippen molar-refractivity contribution in [2.24, 2.45) is 10.8 Å². The van der Waals surface area contributed by atoms with Crippen molar-refractivity contribution in [3.8, 4) is 0 Å². The summed E-state index contributed by atoms with van der Waals surface area (Å²) in [6.45, 7) is 6.07. The van der Waals surface area contributed by atoms with Gasteiger partial charge in [-0.1, -0.05) is 27.7 Å². The lowest BCUT2D eigenvalue weighted by molar-refractivity contribution is -0.214. The van der Waals surface area contributed by atoms with Crippen LogP contribution >= 0.6 is 0 Å². The second-order valence-corrected chi connectivity index (χ2v) is 5.21. The first-order valence-electron chi connectivity index (χ1n) is 4.98. The van der Waals surface area contributed by atoms with E-state index in [0.717, 1.165) is 0 Å². The maximum atomic E-state index is 14.2. The molecule has 0 aliphatic heterocycles. The lowest BCUT2D eigenvalue weighted by Gasteiger charge is -2.43. The summed E-state index contributed by atoms with van der Waals surface area (Å²) in [7, 11) is 2.86. The van der Waals surface area contributed by atoms with E-state index < -0.39 is 16.8 Å². The SMILES string of the molecule is COCC(C)(C)C(F)(F)C(C)(C)COC. The molecule has 0 fully saturated rings. The van der Waals surface area contributed by atoms with Crippen LogP contribution in [-0.2, 0) is 9.47 Å². The Balaban J connectivity index is 4.93. The molecule has 0 aromatic rings. The van der Waals surface area contributed by atoms with E-state index >= 15 is 0 Å². The second kappa shape index (κ2) is 4.74. The van der Waals surface area contributed by atoms with Gasteiger partial charge < -0.3 is 9.47 Å². The number of halogens is 2. The van der Waals surface area contributed by atoms with Crippen molar-refractivity contribution in [2.45, 2.75) is 33.6 Å². The molecule has 0 saturated carbocycles. The molecule has 0 heterocycles. The minimum Gasteiger partial charge on any atom is -0.384 e. The molecule has 0 amide bonds. The van der Waals surface area contributed by atoms with Gasteiger partial charge in [0.05, 0.1) is 24.0 Å². The Hall–Kier alpha value is -0.220. The van der Waals surface area contributed by atoms with Gasteiger partial charge in [0.2, 0.25) is 0 Å². The average Bonchev–Trinajstić information content (AvgIpc) is 2.03. The largest absolute Gasteiger partial charge is 0.384 e. The summed E-state index contributed by atoms with van der Waals surface area (Å²) in [5.41, 5.74) is -2.41. The molecule has 0 atom stereocenters. The summed E-state index contributed by atoms with van der Waals surface area (Å²) in [5.74, 6) is -2.86. The number of rotatable bonds is 6. The third kappa shape index (κ3) is 2.88. The molecule has 0 spiro atoms. The highest BCUT2D eigenvalue weighted by Gasteiger charge is 2.57. The molecule has 92 valence electrons. The van der Waals surface area contributed by atoms with Gasteiger partial charge in [-0.15, -0.1) is 0 Å². The molecule has 2 nitrogen and oxygen atoms in total. The minimum absolute atomic E-state index is 0.0210. The Morgan fingerprint density at radius 1 is 0.800 bits per heavy atom. The highest BCUT2D eigenvalue weighted by molar-refractivity contribution is 4.96. The van der Waals surface area contributed by atoms with Crippen LogP contribution in [0.4, 0.5) is 8.78 Å². The average molecular weight is 224 g/mol. The van der Waals surface area contributed by atoms with Gasteiger partial charge in [-0.05, 0) is 0 Å². The maximum absolute atomic E-state index is 14.2. The van der Waals surface area contributed by atoms with Crippen molar-refractivity contribution in [3.63, 3.8) is 0 Å². The molecule has 15 heavy (non-hydrogen) atoms. The van der Waals surface area contributed by atoms with Crippen LogP contribution in [0.1, 0.15) is 27.7 Å². The Labute approximate surface area is 90.9 Å². The van der Waals surface area contributed by atoms with E-state index in [0.29, 0.717) is 0 Å². The number of alkyl halides is 2. The highest BCUT2D eigenvalue weighted by Crippen LogP contribution is 2.48. The molecule has 0 radical (unpaired) electrons. The number of hydrogen-bond acceptors (Lipinski definition) is 2. The van der Waals surface area contributed by atoms with E-state index in [9.17, 15) is 8.78 Å². The molecular formula is C11H22F2O2. The lowest BCUT2D eigenvalue weighted by Crippen LogP contribution is -2.52. The molecule has 0 aliphatic carbocycles. The first kappa shape index (κ1) is 14.8. The van der Waals surface area contributed by atoms with E-state index in [1.165, 1.54) is 41.9 Å². The molecule has 0 aromatic carbocycles. The van der Waals surface area contributed by atoms with Crippen LogP contribution in [0.3, 0.4) is 0 Å². The summed E-state index contributed by atoms with van der Waals surface area (Å²) in [4.78, 5) is 0. The van der Waals surface area contributed by atoms with E-state index in [1.54, 1.807) is 0 Å². The van der Waals surface area contributed by atoms with Gasteiger partial charge >= 0.3 is 0 Å². The molecule has 4 heteroatoms. The molecule has 0 rings (SSSR count). The van der Waals surface area contributed by atoms with E-state index in [-0.39, 0.29) is 13.2 Å². The predicted molar refractivity (Wildman–Crippen MR) is 56.3 cm³/mol. The summed E-state index contributed by atoms with van der Waals surface area (Å²) in [6.07, 6.45) is 0. The summed E-state index contributed by atoms with van der Waals surface area (Å²) >= 11 is 0. The van der Waals surface area contributed by atoms with Gasteiger partial charge in [-0.3, -0.25) is 0 Å². The number of hydrogen-bond donors (Lipinski definition) is 0. The molecule has 0 N–H and O–H groups in total. The maximum Gasteiger partial charge on any atom is 0.262 e. The van der Waals surface area contributed by atoms with Crippen molar-refractivity contribution in [2.75, 3.05) is 27.4 Å². The fourth-order valence-electron chi connectivity index (χ4n) is 1.82. The minimum atomic E-state index is -2.86. The number of methoxy groups -OCH3 is 2. The Kier molecular flexibility index (Phi) is 4.67. The third-order valence-electron chi connectivity index (χ3n) is 2.71. The van der Waals surface area contributed by atoms with E-state index in [4.69, 9.17) is 9.47 Å². The lowest BCUT2D eigenvalue weighted by atomic mass is 9.71. The standard InChI is InChI=1S/C11H22F2O2/c1-9(2,7-14-5)11(12,13)10(3,4)8-15-6/h7-8H2,1-6H3. The van der Waals surface area contributed by atoms with E-state index in [1.807, 2.05) is 0 Å². The van der Waals surface area contributed by atoms with Crippen molar-refractivity contribution >= 4 is 0 Å². The van der Waals surface area contributed by atoms with Crippen molar-refractivity contribution in [3.05, 3.63) is 0 Å². The van der Waals surface area contributed by atoms with Crippen molar-refractivity contribution in [1.82, 2.24) is 0 Å². The first-order chi connectivity index (χ1) is 6.62. The first-order valence-corrected chi connectivity index (χ1v) is 4.98. The zero-order valence-corrected chi connectivity index (χ0v) is 10.5. The number of ether oxygens (including phenoxy) is 2. The molecule has 0 aliphatic rings. The van der Waals surface area contributed by atoms with Crippen molar-refractivity contribution in [1.29, 1.82) is 0 Å². The molecule has 0 unspecified atom stereocenters. The van der Waals surface area contributed by atoms with Crippen LogP contribution in [-0.4, -0.2) is 33.4 Å². The zero-order valence-electron chi connectivity index (χ0n) is 10.5. The van der Waals surface area contributed by atoms with Crippen LogP contribution in [0.5, 0.6) is 0 Å². The van der Waals surface area contributed by atoms with Gasteiger partial charge in [0, 0.05) is 14.2 Å². The fraction of sp³-hybridized carbons (Fsp3) is 1.00. The molecule has 0 saturated heterocycles. The highest BCUT2D eigenvalue weighted by atomic mass is 19.3. The Morgan fingerprint density at radius 2 is 1.07 bits per heavy atom. The fourth-order valence-corrected chi connectivity index (χ4v) is 1.82. The molecular weight excluding hydrogens is 202 g/mol. The van der Waals surface area contributed by atoms with Gasteiger partial charge in [0.15, 0.2) is 0 Å². The summed E-state index contributed by atoms with van der Waals surface area (Å²) in [5, 5.41) is 0. The summed E-state index contributed by atoms with van der Waals surface area (Å²) < 4.78 is 38.1. The monoisotopic (exact) mass is 224 g/mol. The Bertz CT molecular complexity index is 181. The quantitative estimate of drug-likeness (QED) is 0.690. The van der Waals surface area contributed by atoms with E-state index in [2.05, 4.69) is 0 Å². The predicted octanol–water partition coefficient (Wildman–Crippen LogP) is 2.97. The van der Waals surface area contributed by atoms with Crippen LogP contribution in [0, 0.1) is 10.8 Å². The zero-order chi connectivity index (χ0) is 12.3. The molecule has 0 bridgehead atoms. The van der Waals surface area contributed by atoms with Crippen LogP contribution < -0.4 is 0 Å². The van der Waals surface area contributed by atoms with Crippen LogP contribution in [0.25, 0.3) is 0 Å². The Morgan fingerprint density at radius 3 is 1.27 bits per heavy atom. The van der Waals surface area contributed by atoms with Crippen LogP contribution in [0.2, 0.25) is 0 Å². The molecule has 0 aromatic heterocycles. The third-order valence-corrected chi connectivity index (χ3v) is 2.71. The van der Waals surface area contributed by atoms with Gasteiger partial charge in [0.1, 0.15) is 0 Å². The second-order valence-electron chi connectivity index (χ2n) is 5.21. The topological polar surface area (TPSA) is 18.5 Å². The van der Waals surface area contributed by atoms with Gasteiger partial charge in [-0.25, -0.2) is 8.78 Å². The summed E-state index contributed by atoms with van der Waals surface area (Å²) in [6, 6.07) is 0. The smallest absolute Gasteiger partial charge is 0.262 e. The van der Waals surface area contributed by atoms with Gasteiger partial charge in [0.25, 0.3) is 5.92 Å². The van der Waals surface area contributed by atoms with Crippen molar-refractivity contribution < 1.29 is 18.3 Å². The van der Waals surface area contributed by atoms with Crippen LogP contribution in [0.15, 0.2) is 0 Å². The van der Waals surface area contributed by atoms with Gasteiger partial charge in [-0.2, -0.15) is 0 Å². The normalized spacial score (nSPS) is 14.4.